The van der Waals surface area contributed by atoms with Crippen LogP contribution in [0.3, 0.4) is 0 Å². The fourth-order valence-corrected chi connectivity index (χ4v) is 2.65. The summed E-state index contributed by atoms with van der Waals surface area (Å²) < 4.78 is 5.07. The molecule has 0 bridgehead atoms. The van der Waals surface area contributed by atoms with E-state index in [1.54, 1.807) is 54.5 Å². The number of nitrogens with one attached hydrogen (secondary N) is 1. The molecule has 0 aliphatic heterocycles. The summed E-state index contributed by atoms with van der Waals surface area (Å²) in [5.41, 5.74) is 1.45. The van der Waals surface area contributed by atoms with Gasteiger partial charge in [-0.05, 0) is 56.3 Å². The first kappa shape index (κ1) is 18.8. The van der Waals surface area contributed by atoms with Crippen molar-refractivity contribution in [3.05, 3.63) is 58.6 Å². The van der Waals surface area contributed by atoms with E-state index in [-0.39, 0.29) is 11.8 Å². The lowest BCUT2D eigenvalue weighted by Gasteiger charge is -2.19. The number of anilines is 1. The van der Waals surface area contributed by atoms with Gasteiger partial charge in [0.15, 0.2) is 0 Å². The molecule has 0 saturated heterocycles. The lowest BCUT2D eigenvalue weighted by molar-refractivity contribution is 0.0773. The lowest BCUT2D eigenvalue weighted by atomic mass is 10.1. The Bertz CT molecular complexity index is 756. The monoisotopic (exact) mass is 360 g/mol. The van der Waals surface area contributed by atoms with Crippen LogP contribution in [0.25, 0.3) is 0 Å². The van der Waals surface area contributed by atoms with Crippen LogP contribution in [0.4, 0.5) is 5.69 Å². The largest absolute Gasteiger partial charge is 0.497 e. The number of ether oxygens (including phenoxy) is 1. The molecule has 0 aromatic heterocycles. The number of methoxy groups -OCH3 is 1. The van der Waals surface area contributed by atoms with Crippen molar-refractivity contribution < 1.29 is 14.3 Å². The quantitative estimate of drug-likeness (QED) is 0.844. The van der Waals surface area contributed by atoms with E-state index in [2.05, 4.69) is 5.32 Å². The summed E-state index contributed by atoms with van der Waals surface area (Å²) in [5.74, 6) is 0.295. The molecule has 0 radical (unpaired) electrons. The van der Waals surface area contributed by atoms with Crippen LogP contribution in [0, 0.1) is 0 Å². The summed E-state index contributed by atoms with van der Waals surface area (Å²) in [6, 6.07) is 11.7. The van der Waals surface area contributed by atoms with Crippen LogP contribution < -0.4 is 10.1 Å². The van der Waals surface area contributed by atoms with Gasteiger partial charge in [-0.1, -0.05) is 11.6 Å². The number of nitrogens with zero attached hydrogens (tertiary/aromatic N) is 1. The van der Waals surface area contributed by atoms with Gasteiger partial charge in [0.05, 0.1) is 17.7 Å². The van der Waals surface area contributed by atoms with Gasteiger partial charge >= 0.3 is 0 Å². The maximum absolute atomic E-state index is 12.4. The number of benzene rings is 2. The molecule has 132 valence electrons. The molecule has 0 fully saturated rings. The predicted molar refractivity (Wildman–Crippen MR) is 99.7 cm³/mol. The molecule has 1 N–H and O–H groups in total. The van der Waals surface area contributed by atoms with Crippen molar-refractivity contribution in [2.45, 2.75) is 13.8 Å². The average molecular weight is 361 g/mol. The molecule has 0 spiro atoms. The van der Waals surface area contributed by atoms with E-state index < -0.39 is 0 Å². The Kier molecular flexibility index (Phi) is 6.42. The van der Waals surface area contributed by atoms with Crippen molar-refractivity contribution >= 4 is 29.1 Å². The second-order valence-corrected chi connectivity index (χ2v) is 5.76. The van der Waals surface area contributed by atoms with Gasteiger partial charge in [0.1, 0.15) is 5.75 Å². The van der Waals surface area contributed by atoms with Gasteiger partial charge in [0.2, 0.25) is 0 Å². The number of carbonyl (C=O) groups is 2. The summed E-state index contributed by atoms with van der Waals surface area (Å²) in [7, 11) is 1.57. The Morgan fingerprint density at radius 3 is 2.24 bits per heavy atom. The maximum atomic E-state index is 12.4. The van der Waals surface area contributed by atoms with Crippen molar-refractivity contribution in [3.8, 4) is 5.75 Å². The molecule has 2 aromatic rings. The zero-order chi connectivity index (χ0) is 18.4. The predicted octanol–water partition coefficient (Wildman–Crippen LogP) is 4.08. The van der Waals surface area contributed by atoms with Crippen LogP contribution >= 0.6 is 11.6 Å². The summed E-state index contributed by atoms with van der Waals surface area (Å²) >= 11 is 6.24. The van der Waals surface area contributed by atoms with Gasteiger partial charge in [-0.2, -0.15) is 0 Å². The Balaban J connectivity index is 2.14. The van der Waals surface area contributed by atoms with Crippen LogP contribution in [-0.2, 0) is 0 Å². The van der Waals surface area contributed by atoms with E-state index in [0.717, 1.165) is 0 Å². The summed E-state index contributed by atoms with van der Waals surface area (Å²) in [4.78, 5) is 26.4. The highest BCUT2D eigenvalue weighted by molar-refractivity contribution is 6.34. The third-order valence-corrected chi connectivity index (χ3v) is 4.17. The van der Waals surface area contributed by atoms with E-state index >= 15 is 0 Å². The van der Waals surface area contributed by atoms with E-state index in [1.807, 2.05) is 13.8 Å². The fourth-order valence-electron chi connectivity index (χ4n) is 2.39. The average Bonchev–Trinajstić information content (AvgIpc) is 2.62. The summed E-state index contributed by atoms with van der Waals surface area (Å²) in [5, 5.41) is 3.08. The number of halogens is 1. The highest BCUT2D eigenvalue weighted by Gasteiger charge is 2.16. The van der Waals surface area contributed by atoms with Gasteiger partial charge in [0, 0.05) is 24.3 Å². The van der Waals surface area contributed by atoms with Crippen molar-refractivity contribution in [1.82, 2.24) is 4.90 Å². The van der Waals surface area contributed by atoms with Crippen LogP contribution in [0.5, 0.6) is 5.75 Å². The number of hydrogen-bond donors (Lipinski definition) is 1. The minimum Gasteiger partial charge on any atom is -0.497 e. The van der Waals surface area contributed by atoms with Crippen LogP contribution in [-0.4, -0.2) is 36.9 Å². The number of hydrogen-bond acceptors (Lipinski definition) is 3. The molecule has 5 nitrogen and oxygen atoms in total. The summed E-state index contributed by atoms with van der Waals surface area (Å²) in [6.45, 7) is 5.06. The molecule has 2 aromatic carbocycles. The van der Waals surface area contributed by atoms with Crippen LogP contribution in [0.15, 0.2) is 42.5 Å². The first-order chi connectivity index (χ1) is 12.0. The highest BCUT2D eigenvalue weighted by Crippen LogP contribution is 2.23. The number of rotatable bonds is 6. The number of amides is 2. The molecule has 2 rings (SSSR count). The molecular weight excluding hydrogens is 340 g/mol. The topological polar surface area (TPSA) is 58.6 Å². The van der Waals surface area contributed by atoms with Gasteiger partial charge in [-0.15, -0.1) is 0 Å². The fraction of sp³-hybridized carbons (Fsp3) is 0.263. The Morgan fingerprint density at radius 2 is 1.72 bits per heavy atom. The first-order valence-corrected chi connectivity index (χ1v) is 8.42. The molecule has 2 amide bonds. The van der Waals surface area contributed by atoms with Crippen molar-refractivity contribution in [1.29, 1.82) is 0 Å². The molecule has 0 aliphatic rings. The van der Waals surface area contributed by atoms with Crippen molar-refractivity contribution in [3.63, 3.8) is 0 Å². The van der Waals surface area contributed by atoms with Crippen LogP contribution in [0.2, 0.25) is 5.02 Å². The highest BCUT2D eigenvalue weighted by atomic mass is 35.5. The molecule has 25 heavy (non-hydrogen) atoms. The molecular formula is C19H21ClN2O3. The Morgan fingerprint density at radius 1 is 1.08 bits per heavy atom. The van der Waals surface area contributed by atoms with Gasteiger partial charge in [-0.25, -0.2) is 0 Å². The van der Waals surface area contributed by atoms with Crippen molar-refractivity contribution in [2.75, 3.05) is 25.5 Å². The smallest absolute Gasteiger partial charge is 0.255 e. The Hall–Kier alpha value is -2.53. The number of carbonyl (C=O) groups excluding carboxylic acids is 2. The van der Waals surface area contributed by atoms with E-state index in [1.165, 1.54) is 0 Å². The zero-order valence-electron chi connectivity index (χ0n) is 14.5. The second kappa shape index (κ2) is 8.53. The van der Waals surface area contributed by atoms with Gasteiger partial charge in [0.25, 0.3) is 11.8 Å². The lowest BCUT2D eigenvalue weighted by Crippen LogP contribution is -2.30. The molecule has 0 unspecified atom stereocenters. The van der Waals surface area contributed by atoms with Gasteiger partial charge < -0.3 is 15.0 Å². The second-order valence-electron chi connectivity index (χ2n) is 5.35. The van der Waals surface area contributed by atoms with Crippen molar-refractivity contribution in [2.24, 2.45) is 0 Å². The third-order valence-electron chi connectivity index (χ3n) is 3.86. The minimum atomic E-state index is -0.262. The summed E-state index contributed by atoms with van der Waals surface area (Å²) in [6.07, 6.45) is 0. The minimum absolute atomic E-state index is 0.122. The van der Waals surface area contributed by atoms with E-state index in [0.29, 0.717) is 40.7 Å². The third kappa shape index (κ3) is 4.51. The van der Waals surface area contributed by atoms with E-state index in [4.69, 9.17) is 16.3 Å². The van der Waals surface area contributed by atoms with Crippen LogP contribution in [0.1, 0.15) is 34.6 Å². The SMILES string of the molecule is CCN(CC)C(=O)c1ccc(NC(=O)c2ccc(OC)cc2)cc1Cl. The Labute approximate surface area is 152 Å². The molecule has 0 aliphatic carbocycles. The van der Waals surface area contributed by atoms with E-state index in [9.17, 15) is 9.59 Å². The first-order valence-electron chi connectivity index (χ1n) is 8.04. The normalized spacial score (nSPS) is 10.2. The molecule has 6 heteroatoms. The zero-order valence-corrected chi connectivity index (χ0v) is 15.3. The standard InChI is InChI=1S/C19H21ClN2O3/c1-4-22(5-2)19(24)16-11-8-14(12-17(16)20)21-18(23)13-6-9-15(25-3)10-7-13/h6-12H,4-5H2,1-3H3,(H,21,23). The maximum Gasteiger partial charge on any atom is 0.255 e. The van der Waals surface area contributed by atoms with Gasteiger partial charge in [-0.3, -0.25) is 9.59 Å². The molecule has 0 heterocycles. The molecule has 0 atom stereocenters. The molecule has 0 saturated carbocycles.